The topological polar surface area (TPSA) is 72.9 Å². The van der Waals surface area contributed by atoms with Gasteiger partial charge in [0, 0.05) is 32.1 Å². The van der Waals surface area contributed by atoms with Gasteiger partial charge in [-0.2, -0.15) is 0 Å². The molecule has 21 heavy (non-hydrogen) atoms. The van der Waals surface area contributed by atoms with Crippen LogP contribution in [0.5, 0.6) is 0 Å². The second kappa shape index (κ2) is 8.22. The molecule has 1 saturated heterocycles. The number of piperidine rings is 1. The van der Waals surface area contributed by atoms with E-state index < -0.39 is 5.97 Å². The van der Waals surface area contributed by atoms with E-state index in [0.717, 1.165) is 25.9 Å². The van der Waals surface area contributed by atoms with Crippen LogP contribution in [-0.2, 0) is 4.79 Å². The van der Waals surface area contributed by atoms with Gasteiger partial charge >= 0.3 is 12.0 Å². The highest BCUT2D eigenvalue weighted by molar-refractivity contribution is 5.74. The Morgan fingerprint density at radius 1 is 1.38 bits per heavy atom. The molecule has 1 rings (SSSR count). The lowest BCUT2D eigenvalue weighted by Gasteiger charge is -2.36. The van der Waals surface area contributed by atoms with Crippen molar-refractivity contribution < 1.29 is 14.7 Å². The number of carboxylic acid groups (broad SMARTS) is 1. The van der Waals surface area contributed by atoms with Crippen LogP contribution in [0.25, 0.3) is 0 Å². The number of nitrogens with one attached hydrogen (secondary N) is 1. The fourth-order valence-corrected chi connectivity index (χ4v) is 3.00. The summed E-state index contributed by atoms with van der Waals surface area (Å²) in [6.45, 7) is 6.19. The predicted octanol–water partition coefficient (Wildman–Crippen LogP) is 1.47. The quantitative estimate of drug-likeness (QED) is 0.779. The number of urea groups is 1. The van der Waals surface area contributed by atoms with E-state index in [1.807, 2.05) is 37.7 Å². The summed E-state index contributed by atoms with van der Waals surface area (Å²) in [5.41, 5.74) is 0. The van der Waals surface area contributed by atoms with E-state index >= 15 is 0 Å². The average molecular weight is 299 g/mol. The number of hydrogen-bond acceptors (Lipinski definition) is 3. The van der Waals surface area contributed by atoms with E-state index in [2.05, 4.69) is 5.32 Å². The molecule has 0 aromatic heterocycles. The minimum atomic E-state index is -0.760. The molecule has 122 valence electrons. The number of likely N-dealkylation sites (tertiary alicyclic amines) is 1. The first-order chi connectivity index (χ1) is 9.79. The van der Waals surface area contributed by atoms with E-state index in [9.17, 15) is 9.59 Å². The number of carbonyl (C=O) groups is 2. The van der Waals surface area contributed by atoms with Crippen LogP contribution in [0.15, 0.2) is 0 Å². The van der Waals surface area contributed by atoms with E-state index in [-0.39, 0.29) is 30.3 Å². The van der Waals surface area contributed by atoms with Crippen LogP contribution in [-0.4, -0.2) is 66.7 Å². The lowest BCUT2D eigenvalue weighted by Crippen LogP contribution is -2.50. The number of nitrogens with zero attached hydrogens (tertiary/aromatic N) is 2. The first-order valence-corrected chi connectivity index (χ1v) is 7.71. The summed E-state index contributed by atoms with van der Waals surface area (Å²) in [6, 6.07) is 0.0703. The van der Waals surface area contributed by atoms with Crippen LogP contribution in [0.4, 0.5) is 4.79 Å². The van der Waals surface area contributed by atoms with Gasteiger partial charge in [-0.25, -0.2) is 4.79 Å². The molecular formula is C15H29N3O3. The number of rotatable bonds is 6. The summed E-state index contributed by atoms with van der Waals surface area (Å²) < 4.78 is 0. The first kappa shape index (κ1) is 17.8. The fraction of sp³-hybridized carbons (Fsp3) is 0.867. The predicted molar refractivity (Wildman–Crippen MR) is 82.3 cm³/mol. The van der Waals surface area contributed by atoms with Crippen molar-refractivity contribution in [3.05, 3.63) is 0 Å². The number of aliphatic carboxylic acids is 1. The highest BCUT2D eigenvalue weighted by Gasteiger charge is 2.28. The molecule has 6 nitrogen and oxygen atoms in total. The zero-order valence-corrected chi connectivity index (χ0v) is 13.6. The lowest BCUT2D eigenvalue weighted by molar-refractivity contribution is -0.138. The van der Waals surface area contributed by atoms with E-state index in [0.29, 0.717) is 6.54 Å². The number of carbonyl (C=O) groups excluding carboxylic acids is 1. The molecule has 0 aliphatic carbocycles. The molecule has 1 aliphatic rings. The van der Waals surface area contributed by atoms with Crippen LogP contribution >= 0.6 is 0 Å². The largest absolute Gasteiger partial charge is 0.481 e. The minimum absolute atomic E-state index is 0.0309. The van der Waals surface area contributed by atoms with E-state index in [1.54, 1.807) is 0 Å². The molecule has 3 unspecified atom stereocenters. The zero-order valence-electron chi connectivity index (χ0n) is 13.6. The summed E-state index contributed by atoms with van der Waals surface area (Å²) in [7, 11) is 3.96. The van der Waals surface area contributed by atoms with Gasteiger partial charge in [0.05, 0.1) is 0 Å². The molecule has 0 aromatic rings. The van der Waals surface area contributed by atoms with Gasteiger partial charge in [-0.3, -0.25) is 4.79 Å². The number of amides is 2. The highest BCUT2D eigenvalue weighted by Crippen LogP contribution is 2.26. The van der Waals surface area contributed by atoms with Crippen LogP contribution in [0.3, 0.4) is 0 Å². The Balaban J connectivity index is 2.47. The Labute approximate surface area is 127 Å². The van der Waals surface area contributed by atoms with Crippen molar-refractivity contribution in [1.82, 2.24) is 15.1 Å². The maximum Gasteiger partial charge on any atom is 0.317 e. The summed E-state index contributed by atoms with van der Waals surface area (Å²) in [5, 5.41) is 11.9. The van der Waals surface area contributed by atoms with Gasteiger partial charge in [0.2, 0.25) is 0 Å². The number of hydrogen-bond donors (Lipinski definition) is 2. The Bertz CT molecular complexity index is 360. The first-order valence-electron chi connectivity index (χ1n) is 7.71. The molecule has 0 bridgehead atoms. The molecule has 1 heterocycles. The van der Waals surface area contributed by atoms with Gasteiger partial charge in [0.1, 0.15) is 0 Å². The summed E-state index contributed by atoms with van der Waals surface area (Å²) in [6.07, 6.45) is 2.13. The summed E-state index contributed by atoms with van der Waals surface area (Å²) in [5.74, 6) is -0.370. The molecular weight excluding hydrogens is 270 g/mol. The van der Waals surface area contributed by atoms with Crippen molar-refractivity contribution in [2.45, 2.75) is 39.2 Å². The van der Waals surface area contributed by atoms with Crippen molar-refractivity contribution in [3.63, 3.8) is 0 Å². The molecule has 0 spiro atoms. The second-order valence-corrected chi connectivity index (χ2v) is 6.54. The minimum Gasteiger partial charge on any atom is -0.481 e. The third-order valence-corrected chi connectivity index (χ3v) is 4.06. The SMILES string of the molecule is CC(CN(C)C)NC(=O)N1CCCC(C(C)CC(=O)O)C1. The van der Waals surface area contributed by atoms with Gasteiger partial charge in [-0.1, -0.05) is 6.92 Å². The van der Waals surface area contributed by atoms with Crippen molar-refractivity contribution in [3.8, 4) is 0 Å². The Hall–Kier alpha value is -1.30. The normalized spacial score (nSPS) is 22.0. The van der Waals surface area contributed by atoms with Crippen molar-refractivity contribution in [1.29, 1.82) is 0 Å². The van der Waals surface area contributed by atoms with Crippen LogP contribution in [0.1, 0.15) is 33.1 Å². The third kappa shape index (κ3) is 6.33. The van der Waals surface area contributed by atoms with Gasteiger partial charge in [0.25, 0.3) is 0 Å². The van der Waals surface area contributed by atoms with Gasteiger partial charge < -0.3 is 20.2 Å². The smallest absolute Gasteiger partial charge is 0.317 e. The van der Waals surface area contributed by atoms with Gasteiger partial charge in [-0.05, 0) is 45.7 Å². The number of likely N-dealkylation sites (N-methyl/N-ethyl adjacent to an activating group) is 1. The average Bonchev–Trinajstić information content (AvgIpc) is 2.36. The van der Waals surface area contributed by atoms with Gasteiger partial charge in [0.15, 0.2) is 0 Å². The van der Waals surface area contributed by atoms with Crippen LogP contribution in [0, 0.1) is 11.8 Å². The van der Waals surface area contributed by atoms with Crippen LogP contribution < -0.4 is 5.32 Å². The second-order valence-electron chi connectivity index (χ2n) is 6.54. The third-order valence-electron chi connectivity index (χ3n) is 4.06. The molecule has 0 radical (unpaired) electrons. The highest BCUT2D eigenvalue weighted by atomic mass is 16.4. The molecule has 3 atom stereocenters. The maximum absolute atomic E-state index is 12.3. The molecule has 1 aliphatic heterocycles. The van der Waals surface area contributed by atoms with Crippen molar-refractivity contribution >= 4 is 12.0 Å². The van der Waals surface area contributed by atoms with Gasteiger partial charge in [-0.15, -0.1) is 0 Å². The summed E-state index contributed by atoms with van der Waals surface area (Å²) >= 11 is 0. The number of carboxylic acids is 1. The maximum atomic E-state index is 12.3. The molecule has 2 N–H and O–H groups in total. The molecule has 2 amide bonds. The molecule has 0 aromatic carbocycles. The van der Waals surface area contributed by atoms with E-state index in [4.69, 9.17) is 5.11 Å². The standard InChI is InChI=1S/C15H29N3O3/c1-11(8-14(19)20)13-6-5-7-18(10-13)15(21)16-12(2)9-17(3)4/h11-13H,5-10H2,1-4H3,(H,16,21)(H,19,20). The molecule has 1 fully saturated rings. The van der Waals surface area contributed by atoms with Crippen molar-refractivity contribution in [2.24, 2.45) is 11.8 Å². The fourth-order valence-electron chi connectivity index (χ4n) is 3.00. The molecule has 0 saturated carbocycles. The Morgan fingerprint density at radius 2 is 2.05 bits per heavy atom. The summed E-state index contributed by atoms with van der Waals surface area (Å²) in [4.78, 5) is 27.0. The Morgan fingerprint density at radius 3 is 2.62 bits per heavy atom. The van der Waals surface area contributed by atoms with Crippen LogP contribution in [0.2, 0.25) is 0 Å². The lowest BCUT2D eigenvalue weighted by atomic mass is 9.85. The van der Waals surface area contributed by atoms with E-state index in [1.165, 1.54) is 0 Å². The Kier molecular flexibility index (Phi) is 6.95. The monoisotopic (exact) mass is 299 g/mol. The molecule has 6 heteroatoms. The van der Waals surface area contributed by atoms with Crippen molar-refractivity contribution in [2.75, 3.05) is 33.7 Å². The zero-order chi connectivity index (χ0) is 16.0.